The smallest absolute Gasteiger partial charge is 0.387 e. The first-order valence-electron chi connectivity index (χ1n) is 7.26. The van der Waals surface area contributed by atoms with Crippen LogP contribution in [-0.2, 0) is 0 Å². The summed E-state index contributed by atoms with van der Waals surface area (Å²) in [6.45, 7) is -2.45. The Hall–Kier alpha value is -1.24. The van der Waals surface area contributed by atoms with Crippen LogP contribution in [0.2, 0.25) is 0 Å². The maximum Gasteiger partial charge on any atom is 0.387 e. The molecule has 1 aliphatic rings. The molecule has 0 heterocycles. The Labute approximate surface area is 123 Å². The Morgan fingerprint density at radius 2 is 2.10 bits per heavy atom. The van der Waals surface area contributed by atoms with Crippen LogP contribution in [0.3, 0.4) is 0 Å². The van der Waals surface area contributed by atoms with E-state index in [0.29, 0.717) is 5.56 Å². The van der Waals surface area contributed by atoms with Gasteiger partial charge in [-0.15, -0.1) is 0 Å². The largest absolute Gasteiger partial charge is 0.434 e. The van der Waals surface area contributed by atoms with E-state index in [-0.39, 0.29) is 36.9 Å². The van der Waals surface area contributed by atoms with E-state index in [9.17, 15) is 13.9 Å². The van der Waals surface area contributed by atoms with E-state index in [2.05, 4.69) is 10.1 Å². The highest BCUT2D eigenvalue weighted by Crippen LogP contribution is 2.30. The van der Waals surface area contributed by atoms with E-state index in [1.165, 1.54) is 6.07 Å². The van der Waals surface area contributed by atoms with Crippen molar-refractivity contribution in [3.63, 3.8) is 0 Å². The second kappa shape index (κ2) is 7.68. The van der Waals surface area contributed by atoms with Gasteiger partial charge in [-0.1, -0.05) is 24.6 Å². The monoisotopic (exact) mass is 300 g/mol. The van der Waals surface area contributed by atoms with Crippen molar-refractivity contribution in [2.45, 2.75) is 38.0 Å². The zero-order valence-electron chi connectivity index (χ0n) is 11.8. The van der Waals surface area contributed by atoms with Gasteiger partial charge in [0.15, 0.2) is 0 Å². The summed E-state index contributed by atoms with van der Waals surface area (Å²) in [5.74, 6) is 0.344. The summed E-state index contributed by atoms with van der Waals surface area (Å²) in [5.41, 5.74) is 6.43. The molecule has 3 atom stereocenters. The van der Waals surface area contributed by atoms with Gasteiger partial charge < -0.3 is 20.9 Å². The van der Waals surface area contributed by atoms with Crippen molar-refractivity contribution >= 4 is 0 Å². The predicted molar refractivity (Wildman–Crippen MR) is 76.2 cm³/mol. The first-order valence-corrected chi connectivity index (χ1v) is 7.26. The molecule has 6 heteroatoms. The van der Waals surface area contributed by atoms with Gasteiger partial charge in [0.2, 0.25) is 0 Å². The molecule has 2 rings (SSSR count). The number of aliphatic hydroxyl groups excluding tert-OH is 1. The molecule has 0 aromatic heterocycles. The van der Waals surface area contributed by atoms with Gasteiger partial charge in [0.05, 0.1) is 0 Å². The molecule has 0 bridgehead atoms. The van der Waals surface area contributed by atoms with Crippen LogP contribution in [0, 0.1) is 5.92 Å². The minimum absolute atomic E-state index is 0.129. The minimum atomic E-state index is -2.86. The van der Waals surface area contributed by atoms with Crippen LogP contribution in [0.25, 0.3) is 0 Å². The molecule has 21 heavy (non-hydrogen) atoms. The molecule has 1 fully saturated rings. The fourth-order valence-electron chi connectivity index (χ4n) is 2.99. The van der Waals surface area contributed by atoms with Crippen molar-refractivity contribution in [2.75, 3.05) is 13.2 Å². The number of halogens is 2. The summed E-state index contributed by atoms with van der Waals surface area (Å²) in [7, 11) is 0. The average molecular weight is 300 g/mol. The van der Waals surface area contributed by atoms with Crippen LogP contribution >= 0.6 is 0 Å². The van der Waals surface area contributed by atoms with E-state index in [4.69, 9.17) is 5.73 Å². The first kappa shape index (κ1) is 16.1. The van der Waals surface area contributed by atoms with Gasteiger partial charge in [-0.05, 0) is 24.8 Å². The number of hydrogen-bond acceptors (Lipinski definition) is 4. The van der Waals surface area contributed by atoms with E-state index in [0.717, 1.165) is 19.3 Å². The van der Waals surface area contributed by atoms with Gasteiger partial charge in [0, 0.05) is 30.8 Å². The molecule has 1 saturated carbocycles. The molecule has 4 N–H and O–H groups in total. The molecule has 1 aromatic rings. The number of nitrogens with one attached hydrogen (secondary N) is 1. The van der Waals surface area contributed by atoms with Crippen LogP contribution in [0.5, 0.6) is 5.75 Å². The van der Waals surface area contributed by atoms with Crippen molar-refractivity contribution < 1.29 is 18.6 Å². The van der Waals surface area contributed by atoms with Crippen molar-refractivity contribution in [3.05, 3.63) is 29.8 Å². The van der Waals surface area contributed by atoms with E-state index < -0.39 is 6.61 Å². The van der Waals surface area contributed by atoms with Crippen molar-refractivity contribution in [3.8, 4) is 5.75 Å². The van der Waals surface area contributed by atoms with Crippen molar-refractivity contribution in [2.24, 2.45) is 11.7 Å². The standard InChI is InChI=1S/C15H22F2N2O2/c16-15(17)21-14-7-2-1-5-11(14)13(8-18)19-12-6-3-4-10(12)9-20/h1-2,5,7,10,12-13,15,19-20H,3-4,6,8-9,18H2. The highest BCUT2D eigenvalue weighted by molar-refractivity contribution is 5.36. The van der Waals surface area contributed by atoms with E-state index in [1.54, 1.807) is 18.2 Å². The van der Waals surface area contributed by atoms with Gasteiger partial charge >= 0.3 is 6.61 Å². The van der Waals surface area contributed by atoms with Crippen LogP contribution in [0.1, 0.15) is 30.9 Å². The Morgan fingerprint density at radius 3 is 2.76 bits per heavy atom. The van der Waals surface area contributed by atoms with Gasteiger partial charge in [-0.25, -0.2) is 0 Å². The number of benzene rings is 1. The molecule has 0 saturated heterocycles. The Balaban J connectivity index is 2.13. The van der Waals surface area contributed by atoms with Crippen LogP contribution in [0.15, 0.2) is 24.3 Å². The first-order chi connectivity index (χ1) is 10.2. The zero-order chi connectivity index (χ0) is 15.2. The number of rotatable bonds is 7. The van der Waals surface area contributed by atoms with Gasteiger partial charge in [-0.2, -0.15) is 8.78 Å². The van der Waals surface area contributed by atoms with Crippen LogP contribution in [-0.4, -0.2) is 30.9 Å². The third-order valence-electron chi connectivity index (χ3n) is 4.06. The summed E-state index contributed by atoms with van der Waals surface area (Å²) < 4.78 is 29.5. The molecule has 0 amide bonds. The minimum Gasteiger partial charge on any atom is -0.434 e. The highest BCUT2D eigenvalue weighted by atomic mass is 19.3. The molecule has 118 valence electrons. The molecular formula is C15H22F2N2O2. The third-order valence-corrected chi connectivity index (χ3v) is 4.06. The van der Waals surface area contributed by atoms with Gasteiger partial charge in [0.25, 0.3) is 0 Å². The Kier molecular flexibility index (Phi) is 5.90. The zero-order valence-corrected chi connectivity index (χ0v) is 11.8. The lowest BCUT2D eigenvalue weighted by atomic mass is 10.0. The lowest BCUT2D eigenvalue weighted by Crippen LogP contribution is -2.40. The second-order valence-electron chi connectivity index (χ2n) is 5.35. The third kappa shape index (κ3) is 4.12. The topological polar surface area (TPSA) is 67.5 Å². The lowest BCUT2D eigenvalue weighted by Gasteiger charge is -2.27. The summed E-state index contributed by atoms with van der Waals surface area (Å²) in [6, 6.07) is 6.58. The molecular weight excluding hydrogens is 278 g/mol. The van der Waals surface area contributed by atoms with E-state index >= 15 is 0 Å². The summed E-state index contributed by atoms with van der Waals surface area (Å²) in [6.07, 6.45) is 2.98. The molecule has 3 unspecified atom stereocenters. The van der Waals surface area contributed by atoms with Gasteiger partial charge in [0.1, 0.15) is 5.75 Å². The number of alkyl halides is 2. The number of hydrogen-bond donors (Lipinski definition) is 3. The number of para-hydroxylation sites is 1. The number of nitrogens with two attached hydrogens (primary N) is 1. The predicted octanol–water partition coefficient (Wildman–Crippen LogP) is 2.04. The molecule has 0 aliphatic heterocycles. The summed E-state index contributed by atoms with van der Waals surface area (Å²) >= 11 is 0. The van der Waals surface area contributed by atoms with Gasteiger partial charge in [-0.3, -0.25) is 0 Å². The number of ether oxygens (including phenoxy) is 1. The normalized spacial score (nSPS) is 23.5. The maximum absolute atomic E-state index is 12.5. The highest BCUT2D eigenvalue weighted by Gasteiger charge is 2.29. The van der Waals surface area contributed by atoms with Crippen LogP contribution < -0.4 is 15.8 Å². The van der Waals surface area contributed by atoms with Crippen molar-refractivity contribution in [1.82, 2.24) is 5.32 Å². The second-order valence-corrected chi connectivity index (χ2v) is 5.35. The maximum atomic E-state index is 12.5. The molecule has 1 aromatic carbocycles. The summed E-state index contributed by atoms with van der Waals surface area (Å²) in [4.78, 5) is 0. The van der Waals surface area contributed by atoms with Crippen LogP contribution in [0.4, 0.5) is 8.78 Å². The number of aliphatic hydroxyl groups is 1. The fraction of sp³-hybridized carbons (Fsp3) is 0.600. The van der Waals surface area contributed by atoms with E-state index in [1.807, 2.05) is 0 Å². The SMILES string of the molecule is NCC(NC1CCCC1CO)c1ccccc1OC(F)F. The summed E-state index contributed by atoms with van der Waals surface area (Å²) in [5, 5.41) is 12.8. The Bertz CT molecular complexity index is 445. The van der Waals surface area contributed by atoms with Crippen molar-refractivity contribution in [1.29, 1.82) is 0 Å². The lowest BCUT2D eigenvalue weighted by molar-refractivity contribution is -0.0507. The molecule has 0 spiro atoms. The fourth-order valence-corrected chi connectivity index (χ4v) is 2.99. The quantitative estimate of drug-likeness (QED) is 0.721. The molecule has 1 aliphatic carbocycles. The molecule has 0 radical (unpaired) electrons. The molecule has 4 nitrogen and oxygen atoms in total. The average Bonchev–Trinajstić information content (AvgIpc) is 2.92. The Morgan fingerprint density at radius 1 is 1.33 bits per heavy atom.